The van der Waals surface area contributed by atoms with Gasteiger partial charge in [-0.05, 0) is 97.5 Å². The summed E-state index contributed by atoms with van der Waals surface area (Å²) in [6.45, 7) is 3.73. The first-order valence-electron chi connectivity index (χ1n) is 27.2. The first-order valence-corrected chi connectivity index (χ1v) is 27.2. The molecule has 23 heteroatoms. The summed E-state index contributed by atoms with van der Waals surface area (Å²) in [4.78, 5) is 131. The van der Waals surface area contributed by atoms with E-state index in [9.17, 15) is 61.4 Å². The maximum atomic E-state index is 14.8. The number of phenolic OH excluding ortho intramolecular Hbond substituents is 1. The molecule has 5 aromatic rings. The van der Waals surface area contributed by atoms with Crippen LogP contribution in [0.3, 0.4) is 0 Å². The molecule has 0 unspecified atom stereocenters. The number of nitrogens with two attached hydrogens (primary N) is 1. The number of carbonyl (C=O) groups excluding carboxylic acids is 9. The number of aryl methyl sites for hydroxylation is 1. The molecule has 0 radical (unpaired) electrons. The molecule has 2 fully saturated rings. The van der Waals surface area contributed by atoms with Gasteiger partial charge in [0, 0.05) is 55.5 Å². The Hall–Kier alpha value is -8.60. The molecule has 3 heterocycles. The normalized spacial score (nSPS) is 19.4. The molecule has 2 saturated heterocycles. The largest absolute Gasteiger partial charge is 0.508 e. The van der Waals surface area contributed by atoms with Crippen molar-refractivity contribution in [2.45, 2.75) is 121 Å². The van der Waals surface area contributed by atoms with Crippen LogP contribution < -0.4 is 43.0 Å². The molecule has 82 heavy (non-hydrogen) atoms. The lowest BCUT2D eigenvalue weighted by Gasteiger charge is -2.31. The number of phenols is 1. The zero-order valence-corrected chi connectivity index (χ0v) is 45.7. The fourth-order valence-electron chi connectivity index (χ4n) is 10.2. The predicted octanol–water partition coefficient (Wildman–Crippen LogP) is 3.06. The summed E-state index contributed by atoms with van der Waals surface area (Å²) in [6.07, 6.45) is -3.63. The van der Waals surface area contributed by atoms with Gasteiger partial charge in [0.2, 0.25) is 47.3 Å². The second-order valence-corrected chi connectivity index (χ2v) is 21.4. The molecule has 7 rings (SSSR count). The summed E-state index contributed by atoms with van der Waals surface area (Å²) in [5.41, 5.74) is 8.48. The van der Waals surface area contributed by atoms with Gasteiger partial charge < -0.3 is 57.9 Å². The average Bonchev–Trinajstić information content (AvgIpc) is 4.21. The lowest BCUT2D eigenvalue weighted by atomic mass is 9.92. The Morgan fingerprint density at radius 2 is 1.51 bits per heavy atom. The molecule has 0 spiro atoms. The Morgan fingerprint density at radius 3 is 2.23 bits per heavy atom. The van der Waals surface area contributed by atoms with Gasteiger partial charge in [0.05, 0.1) is 24.6 Å². The second kappa shape index (κ2) is 27.7. The summed E-state index contributed by atoms with van der Waals surface area (Å²) in [6, 6.07) is 17.3. The monoisotopic (exact) mass is 1130 g/mol. The standard InChI is InChI=1S/C59H69F3N10O10/c1-33(2)20-46(56(80)68-47(27-39-30-64-45-13-8-7-12-43(39)45)54(78)66-29-37-21-34(3)22-40(24-37)59(60,61)62)69-57(81)50-14-9-19-72(50)58(82)48-28-51(75)65-32-49(71-53(77)44(63)25-36-15-17-41(73)18-16-36)55(79)67-31-42(74)26-38(52(76)70-48)23-35-10-5-4-6-11-35/h4-8,10-13,15-18,21-22,24,30,33,38,44,46-50,64,73H,9,14,19-20,23,25-29,31-32,63H2,1-3H3,(H,65,75)(H,66,78)(H,67,79)(H,68,80)(H,69,81)(H,70,76)(H,71,77)/t38-,44+,46+,47+,48+,49+,50+/m1/s1. The van der Waals surface area contributed by atoms with Crippen LogP contribution in [0.25, 0.3) is 10.9 Å². The number of aromatic amines is 1. The van der Waals surface area contributed by atoms with E-state index in [4.69, 9.17) is 5.73 Å². The number of benzene rings is 4. The van der Waals surface area contributed by atoms with E-state index >= 15 is 0 Å². The predicted molar refractivity (Wildman–Crippen MR) is 296 cm³/mol. The maximum Gasteiger partial charge on any atom is 0.416 e. The Kier molecular flexibility index (Phi) is 20.6. The van der Waals surface area contributed by atoms with Gasteiger partial charge in [-0.25, -0.2) is 0 Å². The molecular formula is C59H69F3N10O10. The molecule has 7 atom stereocenters. The van der Waals surface area contributed by atoms with Crippen molar-refractivity contribution in [1.82, 2.24) is 47.1 Å². The molecule has 20 nitrogen and oxygen atoms in total. The number of amides is 8. The summed E-state index contributed by atoms with van der Waals surface area (Å²) in [5.74, 6) is -8.15. The Morgan fingerprint density at radius 1 is 0.793 bits per heavy atom. The van der Waals surface area contributed by atoms with Gasteiger partial charge in [-0.2, -0.15) is 13.2 Å². The highest BCUT2D eigenvalue weighted by Gasteiger charge is 2.41. The van der Waals surface area contributed by atoms with Gasteiger partial charge in [-0.3, -0.25) is 43.2 Å². The van der Waals surface area contributed by atoms with E-state index in [1.165, 1.54) is 30.0 Å². The Labute approximate surface area is 471 Å². The molecule has 8 amide bonds. The van der Waals surface area contributed by atoms with Crippen LogP contribution in [0.1, 0.15) is 79.3 Å². The first-order chi connectivity index (χ1) is 39.0. The van der Waals surface area contributed by atoms with E-state index in [0.717, 1.165) is 23.0 Å². The van der Waals surface area contributed by atoms with E-state index in [-0.39, 0.29) is 62.4 Å². The van der Waals surface area contributed by atoms with Gasteiger partial charge in [-0.1, -0.05) is 86.1 Å². The quantitative estimate of drug-likeness (QED) is 0.0608. The van der Waals surface area contributed by atoms with E-state index in [1.54, 1.807) is 54.7 Å². The summed E-state index contributed by atoms with van der Waals surface area (Å²) in [7, 11) is 0. The van der Waals surface area contributed by atoms with Gasteiger partial charge in [-0.15, -0.1) is 0 Å². The van der Waals surface area contributed by atoms with Crippen LogP contribution in [0.2, 0.25) is 0 Å². The zero-order chi connectivity index (χ0) is 59.3. The minimum Gasteiger partial charge on any atom is -0.508 e. The summed E-state index contributed by atoms with van der Waals surface area (Å²) < 4.78 is 41.2. The molecular weight excluding hydrogens is 1070 g/mol. The van der Waals surface area contributed by atoms with Crippen molar-refractivity contribution in [3.63, 3.8) is 0 Å². The number of ketones is 1. The highest BCUT2D eigenvalue weighted by atomic mass is 19.4. The van der Waals surface area contributed by atoms with Gasteiger partial charge >= 0.3 is 6.18 Å². The van der Waals surface area contributed by atoms with Crippen molar-refractivity contribution in [3.8, 4) is 5.75 Å². The fraction of sp³-hybridized carbons (Fsp3) is 0.407. The number of aromatic nitrogens is 1. The number of Topliss-reactive ketones (excluding diaryl/α,β-unsaturated/α-hetero) is 1. The molecule has 1 aromatic heterocycles. The number of halogens is 3. The van der Waals surface area contributed by atoms with Crippen LogP contribution >= 0.6 is 0 Å². The number of aromatic hydroxyl groups is 1. The van der Waals surface area contributed by atoms with E-state index in [1.807, 2.05) is 32.0 Å². The number of nitrogens with zero attached hydrogens (tertiary/aromatic N) is 1. The van der Waals surface area contributed by atoms with E-state index in [2.05, 4.69) is 42.2 Å². The van der Waals surface area contributed by atoms with E-state index < -0.39 is 133 Å². The molecule has 0 saturated carbocycles. The van der Waals surface area contributed by atoms with Gasteiger partial charge in [0.25, 0.3) is 0 Å². The van der Waals surface area contributed by atoms with Crippen molar-refractivity contribution in [3.05, 3.63) is 137 Å². The average molecular weight is 1140 g/mol. The van der Waals surface area contributed by atoms with Crippen molar-refractivity contribution in [2.24, 2.45) is 17.6 Å². The third kappa shape index (κ3) is 17.0. The van der Waals surface area contributed by atoms with Gasteiger partial charge in [0.15, 0.2) is 5.78 Å². The maximum absolute atomic E-state index is 14.8. The minimum absolute atomic E-state index is 0.00214. The number of para-hydroxylation sites is 1. The van der Waals surface area contributed by atoms with Crippen LogP contribution in [-0.4, -0.2) is 124 Å². The highest BCUT2D eigenvalue weighted by molar-refractivity contribution is 5.99. The minimum atomic E-state index is -4.63. The molecule has 2 aliphatic heterocycles. The number of hydrogen-bond donors (Lipinski definition) is 10. The molecule has 0 bridgehead atoms. The highest BCUT2D eigenvalue weighted by Crippen LogP contribution is 2.31. The molecule has 4 aromatic carbocycles. The number of rotatable bonds is 18. The van der Waals surface area contributed by atoms with Crippen molar-refractivity contribution in [1.29, 1.82) is 0 Å². The van der Waals surface area contributed by atoms with Crippen LogP contribution in [0.5, 0.6) is 5.75 Å². The van der Waals surface area contributed by atoms with Crippen molar-refractivity contribution < 1.29 is 61.4 Å². The van der Waals surface area contributed by atoms with Gasteiger partial charge in [0.1, 0.15) is 36.0 Å². The number of hydrogen-bond acceptors (Lipinski definition) is 11. The number of alkyl halides is 3. The van der Waals surface area contributed by atoms with Crippen LogP contribution in [0, 0.1) is 18.8 Å². The molecule has 11 N–H and O–H groups in total. The molecule has 0 aliphatic carbocycles. The first kappa shape index (κ1) is 61.0. The van der Waals surface area contributed by atoms with E-state index in [0.29, 0.717) is 28.7 Å². The summed E-state index contributed by atoms with van der Waals surface area (Å²) >= 11 is 0. The smallest absolute Gasteiger partial charge is 0.416 e. The number of likely N-dealkylation sites (tertiary alicyclic amines) is 1. The Bertz CT molecular complexity index is 3130. The van der Waals surface area contributed by atoms with Crippen molar-refractivity contribution >= 4 is 63.9 Å². The van der Waals surface area contributed by atoms with Crippen LogP contribution in [-0.2, 0) is 75.1 Å². The van der Waals surface area contributed by atoms with Crippen LogP contribution in [0.4, 0.5) is 13.2 Å². The lowest BCUT2D eigenvalue weighted by molar-refractivity contribution is -0.144. The van der Waals surface area contributed by atoms with Crippen molar-refractivity contribution in [2.75, 3.05) is 19.6 Å². The number of carbonyl (C=O) groups is 9. The lowest BCUT2D eigenvalue weighted by Crippen LogP contribution is -2.59. The Balaban J connectivity index is 1.10. The number of fused-ring (bicyclic) bond motifs is 1. The van der Waals surface area contributed by atoms with Crippen LogP contribution in [0.15, 0.2) is 103 Å². The third-order valence-corrected chi connectivity index (χ3v) is 14.3. The molecule has 436 valence electrons. The number of H-pyrrole nitrogens is 1. The summed E-state index contributed by atoms with van der Waals surface area (Å²) in [5, 5.41) is 28.9. The fourth-order valence-corrected chi connectivity index (χ4v) is 10.2. The second-order valence-electron chi connectivity index (χ2n) is 21.4. The molecule has 2 aliphatic rings. The third-order valence-electron chi connectivity index (χ3n) is 14.3. The zero-order valence-electron chi connectivity index (χ0n) is 45.7. The SMILES string of the molecule is Cc1cc(CNC(=O)[C@H](Cc2c[nH]c3ccccc23)NC(=O)[C@H](CC(C)C)NC(=O)[C@@H]2CCCN2C(=O)[C@@H]2CC(=O)NC[C@H](NC(=O)[C@@H](N)Cc3ccc(O)cc3)C(=O)NCC(=O)C[C@@H](Cc3ccccc3)C(=O)N2)cc(C(F)(F)F)c1. The topological polar surface area (TPSA) is 303 Å². The number of nitrogens with one attached hydrogen (secondary N) is 8.